The van der Waals surface area contributed by atoms with Crippen molar-refractivity contribution in [2.24, 2.45) is 0 Å². The molecule has 2 rings (SSSR count). The minimum Gasteiger partial charge on any atom is -0.444 e. The summed E-state index contributed by atoms with van der Waals surface area (Å²) in [7, 11) is 0. The highest BCUT2D eigenvalue weighted by Crippen LogP contribution is 2.19. The van der Waals surface area contributed by atoms with E-state index in [1.165, 1.54) is 0 Å². The van der Waals surface area contributed by atoms with Crippen molar-refractivity contribution in [2.75, 3.05) is 0 Å². The average molecular weight is 401 g/mol. The highest BCUT2D eigenvalue weighted by Gasteiger charge is 2.27. The highest BCUT2D eigenvalue weighted by atomic mass is 16.6. The Labute approximate surface area is 167 Å². The minimum absolute atomic E-state index is 0.0302. The summed E-state index contributed by atoms with van der Waals surface area (Å²) in [5, 5.41) is 14.7. The first-order valence-electron chi connectivity index (χ1n) is 9.92. The Bertz CT molecular complexity index is 550. The number of ketones is 1. The molecule has 0 radical (unpaired) electrons. The van der Waals surface area contributed by atoms with Gasteiger partial charge in [0.05, 0.1) is 6.10 Å². The lowest BCUT2D eigenvalue weighted by molar-refractivity contribution is -0.117. The molecule has 2 aliphatic rings. The molecule has 2 saturated carbocycles. The van der Waals surface area contributed by atoms with Gasteiger partial charge >= 0.3 is 12.2 Å². The quantitative estimate of drug-likeness (QED) is 0.656. The van der Waals surface area contributed by atoms with Gasteiger partial charge in [-0.05, 0) is 67.2 Å². The van der Waals surface area contributed by atoms with Gasteiger partial charge in [0.25, 0.3) is 0 Å². The second kappa shape index (κ2) is 10.1. The number of aliphatic hydroxyl groups excluding tert-OH is 1. The van der Waals surface area contributed by atoms with E-state index < -0.39 is 23.4 Å². The third kappa shape index (κ3) is 11.1. The summed E-state index contributed by atoms with van der Waals surface area (Å²) in [4.78, 5) is 33.5. The molecule has 2 fully saturated rings. The van der Waals surface area contributed by atoms with Crippen LogP contribution in [0.1, 0.15) is 80.1 Å². The Balaban J connectivity index is 0.000000280. The molecule has 3 N–H and O–H groups in total. The Hall–Kier alpha value is -1.83. The van der Waals surface area contributed by atoms with Gasteiger partial charge in [-0.2, -0.15) is 0 Å². The zero-order valence-corrected chi connectivity index (χ0v) is 18.0. The fourth-order valence-corrected chi connectivity index (χ4v) is 2.97. The molecule has 3 atom stereocenters. The maximum Gasteiger partial charge on any atom is 0.407 e. The molecule has 0 bridgehead atoms. The largest absolute Gasteiger partial charge is 0.444 e. The zero-order chi connectivity index (χ0) is 21.5. The third-order valence-corrected chi connectivity index (χ3v) is 4.09. The first-order valence-corrected chi connectivity index (χ1v) is 9.92. The summed E-state index contributed by atoms with van der Waals surface area (Å²) in [5.74, 6) is 0.214. The number of alkyl carbamates (subject to hydrolysis) is 2. The Morgan fingerprint density at radius 3 is 1.75 bits per heavy atom. The van der Waals surface area contributed by atoms with E-state index in [9.17, 15) is 19.5 Å². The van der Waals surface area contributed by atoms with E-state index in [0.29, 0.717) is 19.3 Å². The minimum atomic E-state index is -0.479. The number of Topliss-reactive ketones (excluding diaryl/α,β-unsaturated/α-hetero) is 1. The Morgan fingerprint density at radius 1 is 0.893 bits per heavy atom. The summed E-state index contributed by atoms with van der Waals surface area (Å²) >= 11 is 0. The standard InChI is InChI=1S/C10H19NO3.C10H17NO3/c2*1-10(2,3)14-9(13)11-7-4-5-8(12)6-7/h7-8,12H,4-6H2,1-3H3,(H,11,13);7H,4-6H2,1-3H3,(H,11,13). The SMILES string of the molecule is CC(C)(C)OC(=O)NC1CCC(=O)C1.CC(C)(C)OC(=O)NC1CCC(O)C1. The summed E-state index contributed by atoms with van der Waals surface area (Å²) in [6.45, 7) is 10.9. The summed E-state index contributed by atoms with van der Waals surface area (Å²) in [5.41, 5.74) is -0.937. The summed E-state index contributed by atoms with van der Waals surface area (Å²) < 4.78 is 10.2. The molecule has 0 aromatic carbocycles. The molecule has 0 spiro atoms. The molecule has 0 aromatic rings. The lowest BCUT2D eigenvalue weighted by Crippen LogP contribution is -2.38. The fraction of sp³-hybridized carbons (Fsp3) is 0.850. The zero-order valence-electron chi connectivity index (χ0n) is 18.0. The maximum atomic E-state index is 11.3. The first-order chi connectivity index (χ1) is 12.7. The van der Waals surface area contributed by atoms with Gasteiger partial charge in [-0.1, -0.05) is 0 Å². The number of nitrogens with one attached hydrogen (secondary N) is 2. The van der Waals surface area contributed by atoms with Gasteiger partial charge < -0.3 is 25.2 Å². The number of amides is 2. The van der Waals surface area contributed by atoms with Crippen LogP contribution in [-0.4, -0.2) is 52.5 Å². The van der Waals surface area contributed by atoms with Crippen molar-refractivity contribution in [2.45, 2.75) is 109 Å². The van der Waals surface area contributed by atoms with Gasteiger partial charge in [-0.3, -0.25) is 4.79 Å². The predicted molar refractivity (Wildman–Crippen MR) is 105 cm³/mol. The molecule has 3 unspecified atom stereocenters. The number of rotatable bonds is 2. The molecule has 28 heavy (non-hydrogen) atoms. The molecular weight excluding hydrogens is 364 g/mol. The van der Waals surface area contributed by atoms with Crippen molar-refractivity contribution in [3.8, 4) is 0 Å². The van der Waals surface area contributed by atoms with E-state index in [1.54, 1.807) is 0 Å². The van der Waals surface area contributed by atoms with Crippen molar-refractivity contribution in [1.82, 2.24) is 10.6 Å². The molecule has 0 aliphatic heterocycles. The number of hydrogen-bond acceptors (Lipinski definition) is 6. The smallest absolute Gasteiger partial charge is 0.407 e. The van der Waals surface area contributed by atoms with Crippen molar-refractivity contribution < 1.29 is 29.0 Å². The Morgan fingerprint density at radius 2 is 1.39 bits per heavy atom. The summed E-state index contributed by atoms with van der Waals surface area (Å²) in [6.07, 6.45) is 2.89. The number of hydrogen-bond donors (Lipinski definition) is 3. The highest BCUT2D eigenvalue weighted by molar-refractivity contribution is 5.82. The van der Waals surface area contributed by atoms with E-state index in [1.807, 2.05) is 41.5 Å². The molecular formula is C20H36N2O6. The van der Waals surface area contributed by atoms with Crippen LogP contribution in [0.25, 0.3) is 0 Å². The molecule has 0 saturated heterocycles. The first kappa shape index (κ1) is 24.2. The van der Waals surface area contributed by atoms with Gasteiger partial charge in [0.1, 0.15) is 17.0 Å². The maximum absolute atomic E-state index is 11.3. The van der Waals surface area contributed by atoms with Gasteiger partial charge in [0, 0.05) is 24.9 Å². The summed E-state index contributed by atoms with van der Waals surface area (Å²) in [6, 6.07) is 0.0391. The van der Waals surface area contributed by atoms with E-state index >= 15 is 0 Å². The van der Waals surface area contributed by atoms with Crippen molar-refractivity contribution in [3.05, 3.63) is 0 Å². The molecule has 0 aromatic heterocycles. The van der Waals surface area contributed by atoms with Crippen LogP contribution < -0.4 is 10.6 Å². The lowest BCUT2D eigenvalue weighted by atomic mass is 10.2. The normalized spacial score (nSPS) is 24.8. The predicted octanol–water partition coefficient (Wildman–Crippen LogP) is 3.06. The number of aliphatic hydroxyl groups is 1. The van der Waals surface area contributed by atoms with Gasteiger partial charge in [0.15, 0.2) is 0 Å². The molecule has 2 aliphatic carbocycles. The van der Waals surface area contributed by atoms with Crippen LogP contribution in [-0.2, 0) is 14.3 Å². The van der Waals surface area contributed by atoms with Crippen LogP contribution in [0.3, 0.4) is 0 Å². The molecule has 8 nitrogen and oxygen atoms in total. The number of ether oxygens (including phenoxy) is 2. The van der Waals surface area contributed by atoms with Crippen molar-refractivity contribution in [3.63, 3.8) is 0 Å². The topological polar surface area (TPSA) is 114 Å². The van der Waals surface area contributed by atoms with Crippen LogP contribution in [0.4, 0.5) is 9.59 Å². The second-order valence-electron chi connectivity index (χ2n) is 9.43. The van der Waals surface area contributed by atoms with Crippen LogP contribution in [0.5, 0.6) is 0 Å². The van der Waals surface area contributed by atoms with Crippen LogP contribution in [0, 0.1) is 0 Å². The fourth-order valence-electron chi connectivity index (χ4n) is 2.97. The van der Waals surface area contributed by atoms with E-state index in [-0.39, 0.29) is 24.0 Å². The van der Waals surface area contributed by atoms with Crippen LogP contribution in [0.2, 0.25) is 0 Å². The van der Waals surface area contributed by atoms with Gasteiger partial charge in [0.2, 0.25) is 0 Å². The van der Waals surface area contributed by atoms with E-state index in [2.05, 4.69) is 10.6 Å². The van der Waals surface area contributed by atoms with Crippen LogP contribution in [0.15, 0.2) is 0 Å². The third-order valence-electron chi connectivity index (χ3n) is 4.09. The molecule has 2 amide bonds. The molecule has 8 heteroatoms. The molecule has 0 heterocycles. The molecule has 162 valence electrons. The number of carbonyl (C=O) groups excluding carboxylic acids is 3. The Kier molecular flexibility index (Phi) is 8.73. The average Bonchev–Trinajstić information content (AvgIpc) is 3.04. The van der Waals surface area contributed by atoms with Crippen molar-refractivity contribution in [1.29, 1.82) is 0 Å². The van der Waals surface area contributed by atoms with E-state index in [4.69, 9.17) is 9.47 Å². The lowest BCUT2D eigenvalue weighted by Gasteiger charge is -2.21. The number of carbonyl (C=O) groups is 3. The van der Waals surface area contributed by atoms with Crippen molar-refractivity contribution >= 4 is 18.0 Å². The monoisotopic (exact) mass is 400 g/mol. The van der Waals surface area contributed by atoms with Crippen LogP contribution >= 0.6 is 0 Å². The van der Waals surface area contributed by atoms with E-state index in [0.717, 1.165) is 19.3 Å². The van der Waals surface area contributed by atoms with Gasteiger partial charge in [-0.25, -0.2) is 9.59 Å². The van der Waals surface area contributed by atoms with Gasteiger partial charge in [-0.15, -0.1) is 0 Å². The second-order valence-corrected chi connectivity index (χ2v) is 9.43.